The highest BCUT2D eigenvalue weighted by atomic mass is 13.7. The maximum atomic E-state index is 2.17. The highest BCUT2D eigenvalue weighted by molar-refractivity contribution is 4.99. The molecule has 0 aliphatic carbocycles. The summed E-state index contributed by atoms with van der Waals surface area (Å²) in [6.45, 7) is 10.8. The molecule has 13 heavy (non-hydrogen) atoms. The molecule has 0 fully saturated rings. The van der Waals surface area contributed by atoms with E-state index in [4.69, 9.17) is 0 Å². The van der Waals surface area contributed by atoms with E-state index in [1.54, 1.807) is 0 Å². The van der Waals surface area contributed by atoms with Crippen LogP contribution in [-0.4, -0.2) is 0 Å². The Kier molecular flexibility index (Phi) is 15.6. The van der Waals surface area contributed by atoms with Crippen molar-refractivity contribution in [1.29, 1.82) is 0 Å². The van der Waals surface area contributed by atoms with E-state index in [2.05, 4.69) is 34.6 Å². The average Bonchev–Trinajstić information content (AvgIpc) is 2.08. The molecule has 1 aromatic carbocycles. The van der Waals surface area contributed by atoms with Crippen molar-refractivity contribution in [2.45, 2.75) is 41.0 Å². The molecule has 0 aromatic heterocycles. The van der Waals surface area contributed by atoms with E-state index in [0.29, 0.717) is 0 Å². The summed E-state index contributed by atoms with van der Waals surface area (Å²) in [5.74, 6) is 0.833. The van der Waals surface area contributed by atoms with Gasteiger partial charge in [-0.2, -0.15) is 0 Å². The van der Waals surface area contributed by atoms with Gasteiger partial charge in [0.05, 0.1) is 0 Å². The smallest absolute Gasteiger partial charge is 0.0500 e. The van der Waals surface area contributed by atoms with Crippen LogP contribution in [0, 0.1) is 5.92 Å². The fourth-order valence-corrected chi connectivity index (χ4v) is 0.385. The molecule has 0 nitrogen and oxygen atoms in total. The molecule has 76 valence electrons. The molecule has 0 heteroatoms. The van der Waals surface area contributed by atoms with Crippen LogP contribution >= 0.6 is 0 Å². The molecule has 0 N–H and O–H groups in total. The zero-order valence-electron chi connectivity index (χ0n) is 9.75. The SMILES string of the molecule is CC(C)C.CCC.c1ccccc1. The molecule has 1 aromatic rings. The molecule has 0 saturated carbocycles. The second kappa shape index (κ2) is 13.8. The van der Waals surface area contributed by atoms with Crippen LogP contribution in [0.4, 0.5) is 0 Å². The first-order chi connectivity index (χ1) is 6.15. The summed E-state index contributed by atoms with van der Waals surface area (Å²) in [6, 6.07) is 12.0. The van der Waals surface area contributed by atoms with Gasteiger partial charge in [-0.15, -0.1) is 0 Å². The molecule has 0 spiro atoms. The van der Waals surface area contributed by atoms with Crippen molar-refractivity contribution in [2.75, 3.05) is 0 Å². The molecule has 0 unspecified atom stereocenters. The van der Waals surface area contributed by atoms with Gasteiger partial charge in [-0.25, -0.2) is 0 Å². The van der Waals surface area contributed by atoms with Crippen LogP contribution in [0.3, 0.4) is 0 Å². The zero-order chi connectivity index (χ0) is 10.5. The van der Waals surface area contributed by atoms with Crippen molar-refractivity contribution in [3.8, 4) is 0 Å². The number of hydrogen-bond donors (Lipinski definition) is 0. The first-order valence-corrected chi connectivity index (χ1v) is 5.15. The summed E-state index contributed by atoms with van der Waals surface area (Å²) >= 11 is 0. The molecule has 0 bridgehead atoms. The topological polar surface area (TPSA) is 0 Å². The molecular weight excluding hydrogens is 156 g/mol. The van der Waals surface area contributed by atoms with E-state index in [1.807, 2.05) is 36.4 Å². The molecule has 0 atom stereocenters. The van der Waals surface area contributed by atoms with Gasteiger partial charge in [-0.05, 0) is 5.92 Å². The quantitative estimate of drug-likeness (QED) is 0.539. The van der Waals surface area contributed by atoms with Crippen molar-refractivity contribution in [1.82, 2.24) is 0 Å². The van der Waals surface area contributed by atoms with E-state index in [-0.39, 0.29) is 0 Å². The summed E-state index contributed by atoms with van der Waals surface area (Å²) < 4.78 is 0. The van der Waals surface area contributed by atoms with E-state index >= 15 is 0 Å². The van der Waals surface area contributed by atoms with Gasteiger partial charge < -0.3 is 0 Å². The van der Waals surface area contributed by atoms with Gasteiger partial charge in [0, 0.05) is 0 Å². The summed E-state index contributed by atoms with van der Waals surface area (Å²) in [7, 11) is 0. The maximum absolute atomic E-state index is 2.17. The normalized spacial score (nSPS) is 7.85. The Morgan fingerprint density at radius 1 is 0.692 bits per heavy atom. The Labute approximate surface area is 84.0 Å². The molecule has 0 saturated heterocycles. The highest BCUT2D eigenvalue weighted by Gasteiger charge is 1.68. The number of benzene rings is 1. The van der Waals surface area contributed by atoms with Crippen molar-refractivity contribution in [2.24, 2.45) is 5.92 Å². The minimum Gasteiger partial charge on any atom is -0.0656 e. The molecule has 0 amide bonds. The monoisotopic (exact) mass is 180 g/mol. The molecular formula is C13H24. The van der Waals surface area contributed by atoms with Crippen LogP contribution in [0.2, 0.25) is 0 Å². The highest BCUT2D eigenvalue weighted by Crippen LogP contribution is 1.81. The van der Waals surface area contributed by atoms with E-state index in [1.165, 1.54) is 6.42 Å². The fraction of sp³-hybridized carbons (Fsp3) is 0.538. The van der Waals surface area contributed by atoms with Gasteiger partial charge in [0.2, 0.25) is 0 Å². The number of hydrogen-bond acceptors (Lipinski definition) is 0. The molecule has 0 heterocycles. The number of rotatable bonds is 0. The van der Waals surface area contributed by atoms with Crippen molar-refractivity contribution in [3.63, 3.8) is 0 Å². The Bertz CT molecular complexity index is 112. The lowest BCUT2D eigenvalue weighted by molar-refractivity contribution is 0.737. The Morgan fingerprint density at radius 2 is 0.769 bits per heavy atom. The third-order valence-electron chi connectivity index (χ3n) is 0.667. The summed E-state index contributed by atoms with van der Waals surface area (Å²) in [4.78, 5) is 0. The van der Waals surface area contributed by atoms with Gasteiger partial charge >= 0.3 is 0 Å². The molecule has 0 aliphatic rings. The Balaban J connectivity index is 0. The fourth-order valence-electron chi connectivity index (χ4n) is 0.385. The third-order valence-corrected chi connectivity index (χ3v) is 0.667. The van der Waals surface area contributed by atoms with Crippen LogP contribution in [0.25, 0.3) is 0 Å². The first kappa shape index (κ1) is 14.7. The van der Waals surface area contributed by atoms with Gasteiger partial charge in [0.1, 0.15) is 0 Å². The van der Waals surface area contributed by atoms with Gasteiger partial charge in [-0.3, -0.25) is 0 Å². The minimum atomic E-state index is 0.833. The van der Waals surface area contributed by atoms with E-state index in [9.17, 15) is 0 Å². The van der Waals surface area contributed by atoms with Crippen molar-refractivity contribution in [3.05, 3.63) is 36.4 Å². The molecule has 0 radical (unpaired) electrons. The van der Waals surface area contributed by atoms with Gasteiger partial charge in [0.15, 0.2) is 0 Å². The molecule has 0 aliphatic heterocycles. The van der Waals surface area contributed by atoms with Crippen LogP contribution in [0.1, 0.15) is 41.0 Å². The predicted octanol–water partition coefficient (Wildman–Crippen LogP) is 4.77. The minimum absolute atomic E-state index is 0.833. The lowest BCUT2D eigenvalue weighted by Crippen LogP contribution is -1.66. The lowest BCUT2D eigenvalue weighted by atomic mass is 10.3. The van der Waals surface area contributed by atoms with Gasteiger partial charge in [0.25, 0.3) is 0 Å². The summed E-state index contributed by atoms with van der Waals surface area (Å²) in [5, 5.41) is 0. The summed E-state index contributed by atoms with van der Waals surface area (Å²) in [5.41, 5.74) is 0. The van der Waals surface area contributed by atoms with Gasteiger partial charge in [-0.1, -0.05) is 77.4 Å². The second-order valence-electron chi connectivity index (χ2n) is 3.59. The van der Waals surface area contributed by atoms with Crippen LogP contribution in [0.5, 0.6) is 0 Å². The largest absolute Gasteiger partial charge is 0.0656 e. The van der Waals surface area contributed by atoms with Crippen LogP contribution in [0.15, 0.2) is 36.4 Å². The van der Waals surface area contributed by atoms with Crippen molar-refractivity contribution >= 4 is 0 Å². The average molecular weight is 180 g/mol. The van der Waals surface area contributed by atoms with E-state index < -0.39 is 0 Å². The molecule has 1 rings (SSSR count). The van der Waals surface area contributed by atoms with Crippen LogP contribution in [-0.2, 0) is 0 Å². The van der Waals surface area contributed by atoms with Crippen LogP contribution < -0.4 is 0 Å². The lowest BCUT2D eigenvalue weighted by Gasteiger charge is -1.79. The zero-order valence-corrected chi connectivity index (χ0v) is 9.75. The summed E-state index contributed by atoms with van der Waals surface area (Å²) in [6.07, 6.45) is 1.25. The predicted molar refractivity (Wildman–Crippen MR) is 62.9 cm³/mol. The second-order valence-corrected chi connectivity index (χ2v) is 3.59. The Morgan fingerprint density at radius 3 is 0.846 bits per heavy atom. The van der Waals surface area contributed by atoms with Crippen molar-refractivity contribution < 1.29 is 0 Å². The first-order valence-electron chi connectivity index (χ1n) is 5.15. The third kappa shape index (κ3) is 35.0. The van der Waals surface area contributed by atoms with E-state index in [0.717, 1.165) is 5.92 Å². The standard InChI is InChI=1S/C6H6.C4H10.C3H8/c1-2-4-6-5-3-1;1-4(2)3;1-3-2/h1-6H;4H,1-3H3;3H2,1-2H3. The Hall–Kier alpha value is -0.780. The maximum Gasteiger partial charge on any atom is -0.0500 e.